The minimum absolute atomic E-state index is 0. The van der Waals surface area contributed by atoms with E-state index in [0.29, 0.717) is 23.0 Å². The number of halogens is 1. The lowest BCUT2D eigenvalue weighted by atomic mass is 10.2. The molecule has 1 aromatic heterocycles. The number of carbonyl (C=O) groups is 1. The van der Waals surface area contributed by atoms with E-state index < -0.39 is 0 Å². The normalized spacial score (nSPS) is 10.7. The van der Waals surface area contributed by atoms with Gasteiger partial charge < -0.3 is 14.4 Å². The number of likely N-dealkylation sites (N-methyl/N-ethyl adjacent to an activating group) is 1. The molecular weight excluding hydrogens is 482 g/mol. The van der Waals surface area contributed by atoms with Crippen LogP contribution in [-0.2, 0) is 0 Å². The third-order valence-electron chi connectivity index (χ3n) is 5.65. The Balaban J connectivity index is 0.00000342. The molecule has 4 rings (SSSR count). The molecule has 0 atom stereocenters. The molecule has 35 heavy (non-hydrogen) atoms. The molecule has 8 heteroatoms. The second-order valence-corrected chi connectivity index (χ2v) is 8.77. The number of para-hydroxylation sites is 1. The highest BCUT2D eigenvalue weighted by Gasteiger charge is 2.22. The first kappa shape index (κ1) is 26.5. The molecule has 0 aliphatic heterocycles. The highest BCUT2D eigenvalue weighted by atomic mass is 35.5. The monoisotopic (exact) mass is 511 g/mol. The molecule has 1 heterocycles. The Morgan fingerprint density at radius 3 is 2.34 bits per heavy atom. The highest BCUT2D eigenvalue weighted by Crippen LogP contribution is 2.32. The van der Waals surface area contributed by atoms with E-state index >= 15 is 0 Å². The zero-order chi connectivity index (χ0) is 23.9. The zero-order valence-corrected chi connectivity index (χ0v) is 21.8. The van der Waals surface area contributed by atoms with E-state index in [-0.39, 0.29) is 18.3 Å². The van der Waals surface area contributed by atoms with Crippen molar-refractivity contribution in [1.82, 2.24) is 9.88 Å². The Bertz CT molecular complexity index is 1240. The van der Waals surface area contributed by atoms with Crippen molar-refractivity contribution < 1.29 is 14.3 Å². The smallest absolute Gasteiger partial charge is 0.260 e. The lowest BCUT2D eigenvalue weighted by Gasteiger charge is -2.25. The zero-order valence-electron chi connectivity index (χ0n) is 20.1. The molecule has 0 bridgehead atoms. The third kappa shape index (κ3) is 6.51. The number of fused-ring (bicyclic) bond motifs is 1. The summed E-state index contributed by atoms with van der Waals surface area (Å²) in [4.78, 5) is 22.6. The molecule has 0 aliphatic rings. The molecule has 0 aliphatic carbocycles. The van der Waals surface area contributed by atoms with Crippen molar-refractivity contribution in [2.75, 3.05) is 38.2 Å². The molecule has 0 saturated carbocycles. The van der Waals surface area contributed by atoms with Gasteiger partial charge in [0, 0.05) is 24.7 Å². The summed E-state index contributed by atoms with van der Waals surface area (Å²) >= 11 is 1.51. The van der Waals surface area contributed by atoms with E-state index in [1.165, 1.54) is 11.3 Å². The number of rotatable bonds is 10. The number of amides is 1. The molecule has 0 N–H and O–H groups in total. The van der Waals surface area contributed by atoms with Crippen molar-refractivity contribution in [3.63, 3.8) is 0 Å². The first-order chi connectivity index (χ1) is 16.6. The van der Waals surface area contributed by atoms with E-state index in [9.17, 15) is 4.79 Å². The molecule has 0 saturated heterocycles. The van der Waals surface area contributed by atoms with Gasteiger partial charge in [-0.05, 0) is 55.6 Å². The number of aromatic nitrogens is 1. The van der Waals surface area contributed by atoms with Crippen LogP contribution in [0, 0.1) is 0 Å². The number of nitrogens with zero attached hydrogens (tertiary/aromatic N) is 3. The molecule has 1 amide bonds. The number of benzene rings is 3. The van der Waals surface area contributed by atoms with Crippen LogP contribution < -0.4 is 14.4 Å². The number of hydrogen-bond donors (Lipinski definition) is 0. The molecule has 4 aromatic rings. The fourth-order valence-corrected chi connectivity index (χ4v) is 4.65. The van der Waals surface area contributed by atoms with Crippen molar-refractivity contribution in [3.05, 3.63) is 78.4 Å². The maximum absolute atomic E-state index is 13.7. The van der Waals surface area contributed by atoms with E-state index in [4.69, 9.17) is 14.5 Å². The topological polar surface area (TPSA) is 54.9 Å². The lowest BCUT2D eigenvalue weighted by Crippen LogP contribution is -2.38. The Kier molecular flexibility index (Phi) is 9.48. The van der Waals surface area contributed by atoms with Gasteiger partial charge in [0.15, 0.2) is 5.13 Å². The van der Waals surface area contributed by atoms with E-state index in [0.717, 1.165) is 41.3 Å². The van der Waals surface area contributed by atoms with Crippen LogP contribution in [0.2, 0.25) is 0 Å². The van der Waals surface area contributed by atoms with Crippen LogP contribution in [0.4, 0.5) is 5.13 Å². The fraction of sp³-hybridized carbons (Fsp3) is 0.259. The predicted octanol–water partition coefficient (Wildman–Crippen LogP) is 6.51. The maximum atomic E-state index is 13.7. The number of methoxy groups -OCH3 is 1. The van der Waals surface area contributed by atoms with Gasteiger partial charge in [0.05, 0.1) is 17.3 Å². The van der Waals surface area contributed by atoms with Gasteiger partial charge in [-0.3, -0.25) is 9.69 Å². The average Bonchev–Trinajstić information content (AvgIpc) is 3.30. The number of carbonyl (C=O) groups excluding carboxylic acids is 1. The SMILES string of the molecule is CCN(CC)CCN(C(=O)c1cccc(Oc2ccccc2)c1)c1nc2cc(OC)ccc2s1.Cl. The Morgan fingerprint density at radius 1 is 0.886 bits per heavy atom. The van der Waals surface area contributed by atoms with Crippen LogP contribution in [0.25, 0.3) is 10.2 Å². The van der Waals surface area contributed by atoms with Crippen molar-refractivity contribution >= 4 is 45.0 Å². The van der Waals surface area contributed by atoms with Crippen LogP contribution in [0.5, 0.6) is 17.2 Å². The van der Waals surface area contributed by atoms with Crippen LogP contribution in [-0.4, -0.2) is 49.1 Å². The first-order valence-corrected chi connectivity index (χ1v) is 12.2. The van der Waals surface area contributed by atoms with Crippen molar-refractivity contribution in [2.45, 2.75) is 13.8 Å². The second kappa shape index (κ2) is 12.5. The molecule has 0 radical (unpaired) electrons. The molecule has 3 aromatic carbocycles. The molecule has 0 spiro atoms. The summed E-state index contributed by atoms with van der Waals surface area (Å²) in [5.41, 5.74) is 1.38. The summed E-state index contributed by atoms with van der Waals surface area (Å²) < 4.78 is 12.3. The maximum Gasteiger partial charge on any atom is 0.260 e. The molecule has 6 nitrogen and oxygen atoms in total. The Labute approximate surface area is 216 Å². The van der Waals surface area contributed by atoms with Gasteiger partial charge in [-0.25, -0.2) is 4.98 Å². The summed E-state index contributed by atoms with van der Waals surface area (Å²) in [6.45, 7) is 7.42. The quantitative estimate of drug-likeness (QED) is 0.243. The average molecular weight is 512 g/mol. The lowest BCUT2D eigenvalue weighted by molar-refractivity contribution is 0.0983. The van der Waals surface area contributed by atoms with Gasteiger partial charge in [0.1, 0.15) is 17.2 Å². The van der Waals surface area contributed by atoms with Crippen LogP contribution in [0.15, 0.2) is 72.8 Å². The molecule has 0 fully saturated rings. The van der Waals surface area contributed by atoms with E-state index in [1.54, 1.807) is 18.1 Å². The number of hydrogen-bond acceptors (Lipinski definition) is 6. The van der Waals surface area contributed by atoms with Gasteiger partial charge in [-0.1, -0.05) is 49.4 Å². The summed E-state index contributed by atoms with van der Waals surface area (Å²) in [7, 11) is 1.64. The third-order valence-corrected chi connectivity index (χ3v) is 6.71. The summed E-state index contributed by atoms with van der Waals surface area (Å²) in [5.74, 6) is 1.99. The minimum Gasteiger partial charge on any atom is -0.497 e. The first-order valence-electron chi connectivity index (χ1n) is 11.4. The van der Waals surface area contributed by atoms with Gasteiger partial charge >= 0.3 is 0 Å². The molecular formula is C27H30ClN3O3S. The number of thiazole rings is 1. The second-order valence-electron chi connectivity index (χ2n) is 7.76. The minimum atomic E-state index is -0.100. The fourth-order valence-electron chi connectivity index (χ4n) is 3.68. The van der Waals surface area contributed by atoms with E-state index in [1.807, 2.05) is 66.7 Å². The standard InChI is InChI=1S/C27H29N3O3S.ClH/c1-4-29(5-2)16-17-30(27-28-24-19-22(32-3)14-15-25(24)34-27)26(31)20-10-9-13-23(18-20)33-21-11-7-6-8-12-21;/h6-15,18-19H,4-5,16-17H2,1-3H3;1H. The Morgan fingerprint density at radius 2 is 1.63 bits per heavy atom. The number of ether oxygens (including phenoxy) is 2. The number of anilines is 1. The summed E-state index contributed by atoms with van der Waals surface area (Å²) in [6, 6.07) is 22.7. The summed E-state index contributed by atoms with van der Waals surface area (Å²) in [5, 5.41) is 0.676. The predicted molar refractivity (Wildman–Crippen MR) is 146 cm³/mol. The van der Waals surface area contributed by atoms with Gasteiger partial charge in [0.2, 0.25) is 0 Å². The van der Waals surface area contributed by atoms with Gasteiger partial charge in [-0.15, -0.1) is 12.4 Å². The van der Waals surface area contributed by atoms with Crippen molar-refractivity contribution in [2.24, 2.45) is 0 Å². The van der Waals surface area contributed by atoms with Gasteiger partial charge in [-0.2, -0.15) is 0 Å². The van der Waals surface area contributed by atoms with E-state index in [2.05, 4.69) is 18.7 Å². The van der Waals surface area contributed by atoms with Gasteiger partial charge in [0.25, 0.3) is 5.91 Å². The van der Waals surface area contributed by atoms with Crippen LogP contribution >= 0.6 is 23.7 Å². The Hall–Kier alpha value is -3.13. The molecule has 184 valence electrons. The van der Waals surface area contributed by atoms with Crippen LogP contribution in [0.1, 0.15) is 24.2 Å². The highest BCUT2D eigenvalue weighted by molar-refractivity contribution is 7.22. The van der Waals surface area contributed by atoms with Crippen LogP contribution in [0.3, 0.4) is 0 Å². The summed E-state index contributed by atoms with van der Waals surface area (Å²) in [6.07, 6.45) is 0. The van der Waals surface area contributed by atoms with Crippen molar-refractivity contribution in [3.8, 4) is 17.2 Å². The largest absolute Gasteiger partial charge is 0.497 e. The molecule has 0 unspecified atom stereocenters. The van der Waals surface area contributed by atoms with Crippen molar-refractivity contribution in [1.29, 1.82) is 0 Å².